The number of hydrogen-bond acceptors (Lipinski definition) is 5. The summed E-state index contributed by atoms with van der Waals surface area (Å²) in [5.74, 6) is -0.151. The summed E-state index contributed by atoms with van der Waals surface area (Å²) in [6, 6.07) is 17.0. The molecule has 3 aromatic carbocycles. The van der Waals surface area contributed by atoms with Crippen molar-refractivity contribution in [2.24, 2.45) is 5.73 Å². The summed E-state index contributed by atoms with van der Waals surface area (Å²) >= 11 is 0. The van der Waals surface area contributed by atoms with Crippen LogP contribution in [-0.2, 0) is 30.6 Å². The smallest absolute Gasteiger partial charge is 0.406 e. The molecule has 0 amide bonds. The van der Waals surface area contributed by atoms with Crippen molar-refractivity contribution < 1.29 is 35.9 Å². The number of hydrogen-bond donors (Lipinski definition) is 1. The second kappa shape index (κ2) is 14.8. The maximum absolute atomic E-state index is 13.8. The van der Waals surface area contributed by atoms with E-state index in [-0.39, 0.29) is 30.2 Å². The molecule has 2 bridgehead atoms. The number of fused-ring (bicyclic) bond motifs is 3. The van der Waals surface area contributed by atoms with E-state index in [0.29, 0.717) is 43.6 Å². The highest BCUT2D eigenvalue weighted by Crippen LogP contribution is 2.39. The van der Waals surface area contributed by atoms with Crippen LogP contribution < -0.4 is 10.5 Å². The number of benzene rings is 3. The minimum atomic E-state index is -4.78. The van der Waals surface area contributed by atoms with Crippen LogP contribution >= 0.6 is 0 Å². The van der Waals surface area contributed by atoms with Crippen molar-refractivity contribution in [1.82, 2.24) is 14.4 Å². The van der Waals surface area contributed by atoms with Crippen LogP contribution in [0, 0.1) is 6.92 Å². The molecule has 3 fully saturated rings. The summed E-state index contributed by atoms with van der Waals surface area (Å²) in [6.45, 7) is 4.80. The Kier molecular flexibility index (Phi) is 10.4. The van der Waals surface area contributed by atoms with Crippen molar-refractivity contribution in [2.45, 2.75) is 115 Å². The Morgan fingerprint density at radius 1 is 0.887 bits per heavy atom. The van der Waals surface area contributed by atoms with E-state index >= 15 is 0 Å². The highest BCUT2D eigenvalue weighted by Gasteiger charge is 2.44. The molecule has 7 rings (SSSR count). The molecule has 12 heteroatoms. The van der Waals surface area contributed by atoms with Gasteiger partial charge in [0.1, 0.15) is 5.75 Å². The zero-order valence-electron chi connectivity index (χ0n) is 29.9. The molecule has 2 aliphatic heterocycles. The predicted molar refractivity (Wildman–Crippen MR) is 192 cm³/mol. The second-order valence-corrected chi connectivity index (χ2v) is 15.3. The molecule has 3 aliphatic rings. The maximum atomic E-state index is 13.8. The fourth-order valence-electron chi connectivity index (χ4n) is 8.81. The molecule has 0 radical (unpaired) electrons. The van der Waals surface area contributed by atoms with E-state index in [1.807, 2.05) is 6.20 Å². The third kappa shape index (κ3) is 8.29. The molecule has 53 heavy (non-hydrogen) atoms. The molecular weight excluding hydrogens is 694 g/mol. The number of halogens is 6. The minimum Gasteiger partial charge on any atom is -0.406 e. The summed E-state index contributed by atoms with van der Waals surface area (Å²) in [6.07, 6.45) is 0.264. The Labute approximate surface area is 305 Å². The summed E-state index contributed by atoms with van der Waals surface area (Å²) in [7, 11) is 0. The molecule has 1 aliphatic carbocycles. The van der Waals surface area contributed by atoms with Gasteiger partial charge in [-0.2, -0.15) is 13.2 Å². The topological polar surface area (TPSA) is 63.7 Å². The van der Waals surface area contributed by atoms with Gasteiger partial charge in [-0.15, -0.1) is 13.2 Å². The molecule has 1 aromatic heterocycles. The van der Waals surface area contributed by atoms with Gasteiger partial charge >= 0.3 is 12.5 Å². The summed E-state index contributed by atoms with van der Waals surface area (Å²) < 4.78 is 86.3. The number of carbonyl (C=O) groups is 1. The lowest BCUT2D eigenvalue weighted by atomic mass is 9.78. The second-order valence-electron chi connectivity index (χ2n) is 15.3. The predicted octanol–water partition coefficient (Wildman–Crippen LogP) is 9.39. The monoisotopic (exact) mass is 740 g/mol. The third-order valence-corrected chi connectivity index (χ3v) is 11.6. The fraction of sp³-hybridized carbons (Fsp3) is 0.488. The van der Waals surface area contributed by atoms with Gasteiger partial charge in [0, 0.05) is 73.9 Å². The highest BCUT2D eigenvalue weighted by atomic mass is 19.4. The molecule has 2 atom stereocenters. The van der Waals surface area contributed by atoms with Crippen molar-refractivity contribution in [3.05, 3.63) is 89.1 Å². The average molecular weight is 741 g/mol. The van der Waals surface area contributed by atoms with Crippen molar-refractivity contribution in [1.29, 1.82) is 0 Å². The van der Waals surface area contributed by atoms with E-state index in [0.717, 1.165) is 79.1 Å². The Hall–Kier alpha value is -3.87. The van der Waals surface area contributed by atoms with E-state index in [2.05, 4.69) is 37.3 Å². The van der Waals surface area contributed by atoms with Crippen molar-refractivity contribution in [3.8, 4) is 16.9 Å². The SMILES string of the molecule is Cc1cccc(C(F)(F)F)c1CN1CC2CC1CN2Cc1ccc2c(c1)c(-c1ccc(OC(F)(F)F)cc1)cn2CCCCC(=O)C1(N)CCCCC1. The standard InChI is InChI=1S/C41H46F6N4O2/c1-27-8-7-9-36(40(42,43)44)34(27)25-51-24-30-21-31(51)23-50(30)22-28-11-16-37-33(20-28)35(29-12-14-32(15-13-29)53-41(45,46)47)26-49(37)19-6-3-10-38(52)39(48)17-4-2-5-18-39/h7-9,11-16,20,26,30-31H,2-6,10,17-19,21-25,48H2,1H3. The first-order chi connectivity index (χ1) is 25.2. The average Bonchev–Trinajstić information content (AvgIpc) is 3.79. The number of carbonyl (C=O) groups excluding carboxylic acids is 1. The number of likely N-dealkylation sites (tertiary alicyclic amines) is 2. The van der Waals surface area contributed by atoms with Crippen LogP contribution in [0.15, 0.2) is 66.9 Å². The van der Waals surface area contributed by atoms with Crippen LogP contribution in [0.25, 0.3) is 22.0 Å². The number of ether oxygens (including phenoxy) is 1. The number of piperazine rings is 1. The van der Waals surface area contributed by atoms with E-state index in [9.17, 15) is 31.1 Å². The third-order valence-electron chi connectivity index (χ3n) is 11.6. The van der Waals surface area contributed by atoms with Gasteiger partial charge in [0.25, 0.3) is 0 Å². The Balaban J connectivity index is 1.07. The van der Waals surface area contributed by atoms with Crippen molar-refractivity contribution in [2.75, 3.05) is 13.1 Å². The largest absolute Gasteiger partial charge is 0.573 e. The van der Waals surface area contributed by atoms with Gasteiger partial charge in [0.15, 0.2) is 5.78 Å². The van der Waals surface area contributed by atoms with Crippen LogP contribution in [0.1, 0.15) is 80.0 Å². The van der Waals surface area contributed by atoms with Gasteiger partial charge in [0.2, 0.25) is 0 Å². The van der Waals surface area contributed by atoms with Crippen molar-refractivity contribution >= 4 is 16.7 Å². The molecule has 284 valence electrons. The van der Waals surface area contributed by atoms with Gasteiger partial charge in [-0.05, 0) is 91.6 Å². The number of nitrogens with zero attached hydrogens (tertiary/aromatic N) is 3. The number of alkyl halides is 6. The molecule has 2 N–H and O–H groups in total. The lowest BCUT2D eigenvalue weighted by Crippen LogP contribution is -2.49. The number of nitrogens with two attached hydrogens (primary N) is 1. The molecule has 2 saturated heterocycles. The highest BCUT2D eigenvalue weighted by molar-refractivity contribution is 5.96. The first kappa shape index (κ1) is 37.4. The Morgan fingerprint density at radius 3 is 2.25 bits per heavy atom. The van der Waals surface area contributed by atoms with Crippen LogP contribution in [0.5, 0.6) is 5.75 Å². The number of aryl methyl sites for hydroxylation is 2. The number of rotatable bonds is 12. The summed E-state index contributed by atoms with van der Waals surface area (Å²) in [5.41, 5.74) is 9.90. The van der Waals surface area contributed by atoms with Gasteiger partial charge in [-0.3, -0.25) is 14.6 Å². The number of unbranched alkanes of at least 4 members (excludes halogenated alkanes) is 1. The van der Waals surface area contributed by atoms with Crippen LogP contribution in [0.3, 0.4) is 0 Å². The normalized spacial score (nSPS) is 20.8. The van der Waals surface area contributed by atoms with Crippen LogP contribution in [0.4, 0.5) is 26.3 Å². The Bertz CT molecular complexity index is 1930. The summed E-state index contributed by atoms with van der Waals surface area (Å²) in [5, 5.41) is 0.969. The molecule has 0 spiro atoms. The van der Waals surface area contributed by atoms with E-state index < -0.39 is 23.6 Å². The van der Waals surface area contributed by atoms with Gasteiger partial charge in [-0.1, -0.05) is 49.6 Å². The molecule has 1 saturated carbocycles. The molecule has 6 nitrogen and oxygen atoms in total. The molecule has 3 heterocycles. The van der Waals surface area contributed by atoms with Crippen LogP contribution in [-0.4, -0.2) is 57.2 Å². The quantitative estimate of drug-likeness (QED) is 0.116. The minimum absolute atomic E-state index is 0.140. The zero-order chi connectivity index (χ0) is 37.5. The first-order valence-electron chi connectivity index (χ1n) is 18.6. The van der Waals surface area contributed by atoms with E-state index in [1.165, 1.54) is 24.3 Å². The van der Waals surface area contributed by atoms with E-state index in [1.54, 1.807) is 25.1 Å². The van der Waals surface area contributed by atoms with Crippen molar-refractivity contribution in [3.63, 3.8) is 0 Å². The number of aromatic nitrogens is 1. The lowest BCUT2D eigenvalue weighted by Gasteiger charge is -2.35. The van der Waals surface area contributed by atoms with Gasteiger partial charge < -0.3 is 15.0 Å². The van der Waals surface area contributed by atoms with E-state index in [4.69, 9.17) is 5.73 Å². The zero-order valence-corrected chi connectivity index (χ0v) is 29.9. The molecule has 4 aromatic rings. The van der Waals surface area contributed by atoms with Gasteiger partial charge in [-0.25, -0.2) is 0 Å². The lowest BCUT2D eigenvalue weighted by molar-refractivity contribution is -0.274. The number of Topliss-reactive ketones (excluding diaryl/α,β-unsaturated/α-hetero) is 1. The number of ketones is 1. The van der Waals surface area contributed by atoms with Gasteiger partial charge in [0.05, 0.1) is 11.1 Å². The van der Waals surface area contributed by atoms with Crippen LogP contribution in [0.2, 0.25) is 0 Å². The molecular formula is C41H46F6N4O2. The maximum Gasteiger partial charge on any atom is 0.573 e. The Morgan fingerprint density at radius 2 is 1.58 bits per heavy atom. The first-order valence-corrected chi connectivity index (χ1v) is 18.6. The summed E-state index contributed by atoms with van der Waals surface area (Å²) in [4.78, 5) is 17.6. The molecule has 2 unspecified atom stereocenters. The fourth-order valence-corrected chi connectivity index (χ4v) is 8.81.